The zero-order valence-electron chi connectivity index (χ0n) is 12.2. The van der Waals surface area contributed by atoms with E-state index in [9.17, 15) is 9.90 Å². The van der Waals surface area contributed by atoms with E-state index in [1.807, 2.05) is 33.8 Å². The Labute approximate surface area is 124 Å². The number of ether oxygens (including phenoxy) is 1. The Kier molecular flexibility index (Phi) is 3.87. The zero-order chi connectivity index (χ0) is 15.1. The predicted octanol–water partition coefficient (Wildman–Crippen LogP) is 3.69. The summed E-state index contributed by atoms with van der Waals surface area (Å²) >= 11 is 5.96. The van der Waals surface area contributed by atoms with Crippen molar-refractivity contribution < 1.29 is 14.6 Å². The minimum atomic E-state index is -0.485. The number of benzene rings is 1. The Balaban J connectivity index is 2.00. The average Bonchev–Trinajstić information content (AvgIpc) is 2.20. The Morgan fingerprint density at radius 1 is 1.40 bits per heavy atom. The van der Waals surface area contributed by atoms with Gasteiger partial charge in [0.15, 0.2) is 0 Å². The summed E-state index contributed by atoms with van der Waals surface area (Å²) in [6.07, 6.45) is -0.307. The fourth-order valence-corrected chi connectivity index (χ4v) is 2.33. The third-order valence-corrected chi connectivity index (χ3v) is 3.69. The Hall–Kier alpha value is -1.42. The molecule has 1 aromatic carbocycles. The zero-order valence-corrected chi connectivity index (χ0v) is 13.0. The third kappa shape index (κ3) is 3.18. The van der Waals surface area contributed by atoms with Crippen LogP contribution < -0.4 is 0 Å². The molecule has 20 heavy (non-hydrogen) atoms. The number of aromatic hydroxyl groups is 1. The van der Waals surface area contributed by atoms with Crippen LogP contribution in [0, 0.1) is 6.92 Å². The summed E-state index contributed by atoms with van der Waals surface area (Å²) in [7, 11) is 0. The van der Waals surface area contributed by atoms with Crippen LogP contribution in [0.1, 0.15) is 37.8 Å². The van der Waals surface area contributed by atoms with Crippen LogP contribution in [0.15, 0.2) is 12.1 Å². The molecule has 1 aromatic rings. The maximum Gasteiger partial charge on any atom is 0.410 e. The lowest BCUT2D eigenvalue weighted by Gasteiger charge is -2.40. The van der Waals surface area contributed by atoms with Gasteiger partial charge in [-0.05, 0) is 39.3 Å². The largest absolute Gasteiger partial charge is 0.508 e. The molecule has 1 N–H and O–H groups in total. The van der Waals surface area contributed by atoms with Crippen molar-refractivity contribution in [2.24, 2.45) is 0 Å². The minimum Gasteiger partial charge on any atom is -0.508 e. The standard InChI is InChI=1S/C15H20ClNO3/c1-9-5-11(13(18)6-12(9)16)10-7-17(8-10)14(19)20-15(2,3)4/h5-6,10,18H,7-8H2,1-4H3. The van der Waals surface area contributed by atoms with Crippen LogP contribution in [0.4, 0.5) is 4.79 Å². The highest BCUT2D eigenvalue weighted by Crippen LogP contribution is 2.36. The number of carbonyl (C=O) groups is 1. The molecule has 0 unspecified atom stereocenters. The fraction of sp³-hybridized carbons (Fsp3) is 0.533. The normalized spacial score (nSPS) is 15.9. The number of phenols is 1. The number of phenolic OH excluding ortho intramolecular Hbond substituents is 1. The van der Waals surface area contributed by atoms with E-state index in [0.717, 1.165) is 11.1 Å². The van der Waals surface area contributed by atoms with Gasteiger partial charge in [-0.1, -0.05) is 17.7 Å². The van der Waals surface area contributed by atoms with Crippen LogP contribution in [0.5, 0.6) is 5.75 Å². The van der Waals surface area contributed by atoms with Crippen molar-refractivity contribution in [2.75, 3.05) is 13.1 Å². The van der Waals surface area contributed by atoms with Gasteiger partial charge < -0.3 is 14.7 Å². The molecule has 0 aromatic heterocycles. The highest BCUT2D eigenvalue weighted by Gasteiger charge is 2.35. The summed E-state index contributed by atoms with van der Waals surface area (Å²) in [5.74, 6) is 0.327. The summed E-state index contributed by atoms with van der Waals surface area (Å²) < 4.78 is 5.30. The van der Waals surface area contributed by atoms with Gasteiger partial charge in [-0.2, -0.15) is 0 Å². The van der Waals surface area contributed by atoms with Crippen molar-refractivity contribution in [1.29, 1.82) is 0 Å². The van der Waals surface area contributed by atoms with E-state index in [-0.39, 0.29) is 17.8 Å². The summed E-state index contributed by atoms with van der Waals surface area (Å²) in [6.45, 7) is 8.55. The molecule has 4 nitrogen and oxygen atoms in total. The van der Waals surface area contributed by atoms with Crippen LogP contribution in [0.2, 0.25) is 5.02 Å². The van der Waals surface area contributed by atoms with Gasteiger partial charge in [0.1, 0.15) is 11.4 Å². The Morgan fingerprint density at radius 2 is 2.00 bits per heavy atom. The van der Waals surface area contributed by atoms with Gasteiger partial charge in [-0.25, -0.2) is 4.79 Å². The van der Waals surface area contributed by atoms with Crippen LogP contribution in [-0.2, 0) is 4.74 Å². The minimum absolute atomic E-state index is 0.137. The van der Waals surface area contributed by atoms with Crippen LogP contribution in [0.3, 0.4) is 0 Å². The first-order chi connectivity index (χ1) is 9.17. The van der Waals surface area contributed by atoms with Crippen molar-refractivity contribution in [3.63, 3.8) is 0 Å². The van der Waals surface area contributed by atoms with Gasteiger partial charge in [0.25, 0.3) is 0 Å². The molecular formula is C15H20ClNO3. The van der Waals surface area contributed by atoms with Gasteiger partial charge in [-0.3, -0.25) is 0 Å². The molecule has 1 fully saturated rings. The first kappa shape index (κ1) is 15.0. The second-order valence-corrected chi connectivity index (χ2v) is 6.65. The Morgan fingerprint density at radius 3 is 2.55 bits per heavy atom. The SMILES string of the molecule is Cc1cc(C2CN(C(=O)OC(C)(C)C)C2)c(O)cc1Cl. The van der Waals surface area contributed by atoms with Crippen molar-refractivity contribution in [1.82, 2.24) is 4.90 Å². The number of amides is 1. The molecule has 1 aliphatic rings. The summed E-state index contributed by atoms with van der Waals surface area (Å²) in [5.41, 5.74) is 1.28. The van der Waals surface area contributed by atoms with Crippen LogP contribution in [0.25, 0.3) is 0 Å². The lowest BCUT2D eigenvalue weighted by atomic mass is 9.90. The lowest BCUT2D eigenvalue weighted by molar-refractivity contribution is 0.00799. The summed E-state index contributed by atoms with van der Waals surface area (Å²) in [6, 6.07) is 3.44. The molecule has 5 heteroatoms. The van der Waals surface area contributed by atoms with E-state index in [2.05, 4.69) is 0 Å². The maximum absolute atomic E-state index is 11.8. The third-order valence-electron chi connectivity index (χ3n) is 3.28. The lowest BCUT2D eigenvalue weighted by Crippen LogP contribution is -2.50. The van der Waals surface area contributed by atoms with Gasteiger partial charge in [0.05, 0.1) is 0 Å². The van der Waals surface area contributed by atoms with Crippen molar-refractivity contribution in [3.8, 4) is 5.75 Å². The second kappa shape index (κ2) is 5.17. The van der Waals surface area contributed by atoms with E-state index < -0.39 is 5.60 Å². The van der Waals surface area contributed by atoms with Crippen LogP contribution in [-0.4, -0.2) is 34.8 Å². The number of hydrogen-bond donors (Lipinski definition) is 1. The van der Waals surface area contributed by atoms with E-state index in [1.54, 1.807) is 11.0 Å². The van der Waals surface area contributed by atoms with Gasteiger partial charge in [0.2, 0.25) is 0 Å². The Bertz CT molecular complexity index is 531. The molecule has 2 rings (SSSR count). The number of rotatable bonds is 1. The topological polar surface area (TPSA) is 49.8 Å². The monoisotopic (exact) mass is 297 g/mol. The number of hydrogen-bond acceptors (Lipinski definition) is 3. The second-order valence-electron chi connectivity index (χ2n) is 6.24. The van der Waals surface area contributed by atoms with E-state index in [1.165, 1.54) is 0 Å². The number of carbonyl (C=O) groups excluding carboxylic acids is 1. The number of nitrogens with zero attached hydrogens (tertiary/aromatic N) is 1. The smallest absolute Gasteiger partial charge is 0.410 e. The van der Waals surface area contributed by atoms with E-state index >= 15 is 0 Å². The predicted molar refractivity (Wildman–Crippen MR) is 78.4 cm³/mol. The molecule has 0 radical (unpaired) electrons. The number of likely N-dealkylation sites (tertiary alicyclic amines) is 1. The van der Waals surface area contributed by atoms with E-state index in [4.69, 9.17) is 16.3 Å². The molecule has 0 spiro atoms. The molecule has 1 heterocycles. The molecule has 110 valence electrons. The average molecular weight is 298 g/mol. The molecule has 0 atom stereocenters. The maximum atomic E-state index is 11.8. The number of aryl methyl sites for hydroxylation is 1. The van der Waals surface area contributed by atoms with Crippen LogP contribution >= 0.6 is 11.6 Å². The summed E-state index contributed by atoms with van der Waals surface area (Å²) in [4.78, 5) is 13.5. The highest BCUT2D eigenvalue weighted by molar-refractivity contribution is 6.31. The molecule has 0 bridgehead atoms. The number of halogens is 1. The molecule has 0 aliphatic carbocycles. The summed E-state index contributed by atoms with van der Waals surface area (Å²) in [5, 5.41) is 10.5. The van der Waals surface area contributed by atoms with Gasteiger partial charge >= 0.3 is 6.09 Å². The van der Waals surface area contributed by atoms with Gasteiger partial charge in [-0.15, -0.1) is 0 Å². The molecule has 1 saturated heterocycles. The molecule has 0 saturated carbocycles. The first-order valence-corrected chi connectivity index (χ1v) is 7.02. The first-order valence-electron chi connectivity index (χ1n) is 6.64. The molecule has 1 amide bonds. The quantitative estimate of drug-likeness (QED) is 0.860. The molecule has 1 aliphatic heterocycles. The fourth-order valence-electron chi connectivity index (χ4n) is 2.17. The van der Waals surface area contributed by atoms with E-state index in [0.29, 0.717) is 18.1 Å². The van der Waals surface area contributed by atoms with Crippen molar-refractivity contribution in [3.05, 3.63) is 28.3 Å². The molecular weight excluding hydrogens is 278 g/mol. The highest BCUT2D eigenvalue weighted by atomic mass is 35.5. The van der Waals surface area contributed by atoms with Crippen molar-refractivity contribution in [2.45, 2.75) is 39.2 Å². The van der Waals surface area contributed by atoms with Gasteiger partial charge in [0, 0.05) is 29.6 Å². The van der Waals surface area contributed by atoms with Crippen molar-refractivity contribution >= 4 is 17.7 Å².